The van der Waals surface area contributed by atoms with E-state index in [0.717, 1.165) is 31.2 Å². The van der Waals surface area contributed by atoms with Crippen molar-refractivity contribution in [1.82, 2.24) is 9.03 Å². The topological polar surface area (TPSA) is 101 Å². The van der Waals surface area contributed by atoms with E-state index in [-0.39, 0.29) is 19.1 Å². The van der Waals surface area contributed by atoms with Crippen LogP contribution in [0.25, 0.3) is 0 Å². The minimum atomic E-state index is -4.66. The molecule has 0 aliphatic rings. The van der Waals surface area contributed by atoms with Gasteiger partial charge < -0.3 is 5.32 Å². The predicted octanol–water partition coefficient (Wildman–Crippen LogP) is 3.96. The Morgan fingerprint density at radius 2 is 1.23 bits per heavy atom. The van der Waals surface area contributed by atoms with Gasteiger partial charge in [0.25, 0.3) is 20.0 Å². The van der Waals surface area contributed by atoms with Crippen molar-refractivity contribution in [2.75, 3.05) is 6.54 Å². The van der Waals surface area contributed by atoms with E-state index in [1.807, 2.05) is 0 Å². The second-order valence-corrected chi connectivity index (χ2v) is 11.4. The van der Waals surface area contributed by atoms with E-state index in [2.05, 4.69) is 5.32 Å². The summed E-state index contributed by atoms with van der Waals surface area (Å²) in [5.74, 6) is -0.635. The highest BCUT2D eigenvalue weighted by Gasteiger charge is 2.39. The van der Waals surface area contributed by atoms with Gasteiger partial charge in [-0.1, -0.05) is 52.2 Å². The monoisotopic (exact) mass is 526 g/mol. The van der Waals surface area contributed by atoms with E-state index < -0.39 is 50.3 Å². The number of rotatable bonds is 8. The summed E-state index contributed by atoms with van der Waals surface area (Å²) in [6.45, 7) is 0.332. The molecule has 35 heavy (non-hydrogen) atoms. The van der Waals surface area contributed by atoms with E-state index in [9.17, 15) is 34.8 Å². The van der Waals surface area contributed by atoms with Gasteiger partial charge in [-0.2, -0.15) is 13.2 Å². The van der Waals surface area contributed by atoms with Crippen LogP contribution in [-0.4, -0.2) is 33.0 Å². The van der Waals surface area contributed by atoms with Crippen molar-refractivity contribution in [2.45, 2.75) is 28.9 Å². The lowest BCUT2D eigenvalue weighted by atomic mass is 10.0. The van der Waals surface area contributed by atoms with Gasteiger partial charge in [-0.15, -0.1) is 0 Å². The molecule has 186 valence electrons. The third kappa shape index (κ3) is 6.08. The molecule has 0 bridgehead atoms. The molecule has 0 heterocycles. The molecule has 1 unspecified atom stereocenters. The number of alkyl halides is 3. The van der Waals surface area contributed by atoms with Crippen molar-refractivity contribution in [3.8, 4) is 0 Å². The summed E-state index contributed by atoms with van der Waals surface area (Å²) in [4.78, 5) is 11.2. The number of sulfonamides is 2. The summed E-state index contributed by atoms with van der Waals surface area (Å²) >= 11 is 0. The SMILES string of the molecule is CC(=O)NC(CN(S(=O)(=O)c1ccccc1)S(=O)(=O)c1ccccc1)c1ccc(C(F)(F)F)cc1. The molecule has 12 heteroatoms. The quantitative estimate of drug-likeness (QED) is 0.479. The Kier molecular flexibility index (Phi) is 7.68. The lowest BCUT2D eigenvalue weighted by Gasteiger charge is -2.27. The van der Waals surface area contributed by atoms with Crippen LogP contribution in [0.3, 0.4) is 0 Å². The first-order valence-corrected chi connectivity index (χ1v) is 13.0. The summed E-state index contributed by atoms with van der Waals surface area (Å²) in [5.41, 5.74) is -0.863. The molecule has 1 N–H and O–H groups in total. The fourth-order valence-electron chi connectivity index (χ4n) is 3.28. The maximum Gasteiger partial charge on any atom is 0.416 e. The molecule has 0 aliphatic heterocycles. The fourth-order valence-corrected chi connectivity index (χ4v) is 6.99. The number of amides is 1. The van der Waals surface area contributed by atoms with Gasteiger partial charge in [0.15, 0.2) is 0 Å². The molecule has 0 fully saturated rings. The van der Waals surface area contributed by atoms with Gasteiger partial charge in [-0.3, -0.25) is 4.79 Å². The smallest absolute Gasteiger partial charge is 0.348 e. The first kappa shape index (κ1) is 26.4. The Labute approximate surface area is 201 Å². The Bertz CT molecular complexity index is 1310. The number of hydrogen-bond donors (Lipinski definition) is 1. The summed E-state index contributed by atoms with van der Waals surface area (Å²) in [5, 5.41) is 2.44. The maximum atomic E-state index is 13.5. The normalized spacial score (nSPS) is 13.4. The van der Waals surface area contributed by atoms with Gasteiger partial charge in [0.05, 0.1) is 27.9 Å². The number of hydrogen-bond acceptors (Lipinski definition) is 5. The lowest BCUT2D eigenvalue weighted by molar-refractivity contribution is -0.137. The highest BCUT2D eigenvalue weighted by molar-refractivity contribution is 8.04. The number of nitrogens with one attached hydrogen (secondary N) is 1. The number of halogens is 3. The first-order chi connectivity index (χ1) is 16.3. The number of benzene rings is 3. The average Bonchev–Trinajstić information content (AvgIpc) is 2.82. The molecule has 3 aromatic carbocycles. The van der Waals surface area contributed by atoms with Crippen LogP contribution in [0.15, 0.2) is 94.7 Å². The van der Waals surface area contributed by atoms with Gasteiger partial charge in [0.1, 0.15) is 0 Å². The summed E-state index contributed by atoms with van der Waals surface area (Å²) < 4.78 is 93.1. The van der Waals surface area contributed by atoms with Crippen LogP contribution in [-0.2, 0) is 31.0 Å². The standard InChI is InChI=1S/C23H21F3N2O5S2/c1-17(29)27-22(18-12-14-19(15-13-18)23(24,25)26)16-28(34(30,31)20-8-4-2-5-9-20)35(32,33)21-10-6-3-7-11-21/h2-15,22H,16H2,1H3,(H,27,29). The van der Waals surface area contributed by atoms with Crippen molar-refractivity contribution < 1.29 is 34.8 Å². The van der Waals surface area contributed by atoms with Gasteiger partial charge >= 0.3 is 6.18 Å². The molecular formula is C23H21F3N2O5S2. The Balaban J connectivity index is 2.13. The number of carbonyl (C=O) groups excluding carboxylic acids is 1. The van der Waals surface area contributed by atoms with Crippen molar-refractivity contribution in [1.29, 1.82) is 0 Å². The van der Waals surface area contributed by atoms with Crippen LogP contribution < -0.4 is 5.32 Å². The highest BCUT2D eigenvalue weighted by atomic mass is 32.3. The van der Waals surface area contributed by atoms with Crippen molar-refractivity contribution in [3.05, 3.63) is 96.1 Å². The Morgan fingerprint density at radius 3 is 1.60 bits per heavy atom. The summed E-state index contributed by atoms with van der Waals surface area (Å²) in [6, 6.07) is 16.0. The molecule has 0 saturated carbocycles. The molecule has 1 amide bonds. The second-order valence-electron chi connectivity index (χ2n) is 7.46. The molecule has 0 radical (unpaired) electrons. The van der Waals surface area contributed by atoms with E-state index >= 15 is 0 Å². The van der Waals surface area contributed by atoms with Crippen LogP contribution >= 0.6 is 0 Å². The first-order valence-electron chi connectivity index (χ1n) is 10.2. The van der Waals surface area contributed by atoms with Crippen LogP contribution in [0.2, 0.25) is 0 Å². The maximum absolute atomic E-state index is 13.5. The zero-order valence-electron chi connectivity index (χ0n) is 18.3. The van der Waals surface area contributed by atoms with Crippen LogP contribution in [0, 0.1) is 0 Å². The molecule has 1 atom stereocenters. The molecule has 3 aromatic rings. The van der Waals surface area contributed by atoms with E-state index in [1.54, 1.807) is 12.1 Å². The van der Waals surface area contributed by atoms with E-state index in [0.29, 0.717) is 0 Å². The van der Waals surface area contributed by atoms with E-state index in [1.165, 1.54) is 48.5 Å². The molecule has 3 rings (SSSR count). The second kappa shape index (κ2) is 10.2. The molecule has 0 aliphatic carbocycles. The van der Waals surface area contributed by atoms with E-state index in [4.69, 9.17) is 0 Å². The molecular weight excluding hydrogens is 505 g/mol. The molecule has 0 aromatic heterocycles. The minimum Gasteiger partial charge on any atom is -0.348 e. The third-order valence-corrected chi connectivity index (χ3v) is 9.25. The minimum absolute atomic E-state index is 0.0877. The number of nitrogens with zero attached hydrogens (tertiary/aromatic N) is 1. The molecule has 7 nitrogen and oxygen atoms in total. The van der Waals surface area contributed by atoms with Crippen molar-refractivity contribution in [3.63, 3.8) is 0 Å². The highest BCUT2D eigenvalue weighted by Crippen LogP contribution is 2.31. The van der Waals surface area contributed by atoms with Gasteiger partial charge in [0.2, 0.25) is 5.91 Å². The lowest BCUT2D eigenvalue weighted by Crippen LogP contribution is -2.43. The molecule has 0 saturated heterocycles. The largest absolute Gasteiger partial charge is 0.416 e. The van der Waals surface area contributed by atoms with Crippen LogP contribution in [0.5, 0.6) is 0 Å². The fraction of sp³-hybridized carbons (Fsp3) is 0.174. The van der Waals surface area contributed by atoms with Gasteiger partial charge in [-0.25, -0.2) is 16.8 Å². The van der Waals surface area contributed by atoms with Gasteiger partial charge in [-0.05, 0) is 42.0 Å². The Morgan fingerprint density at radius 1 is 0.800 bits per heavy atom. The zero-order valence-corrected chi connectivity index (χ0v) is 19.9. The predicted molar refractivity (Wildman–Crippen MR) is 122 cm³/mol. The zero-order chi connectivity index (χ0) is 25.9. The summed E-state index contributed by atoms with van der Waals surface area (Å²) in [7, 11) is -9.33. The van der Waals surface area contributed by atoms with Crippen molar-refractivity contribution in [2.24, 2.45) is 0 Å². The average molecular weight is 527 g/mol. The third-order valence-electron chi connectivity index (χ3n) is 4.97. The summed E-state index contributed by atoms with van der Waals surface area (Å²) in [6.07, 6.45) is -4.61. The molecule has 0 spiro atoms. The van der Waals surface area contributed by atoms with Crippen LogP contribution in [0.1, 0.15) is 24.1 Å². The van der Waals surface area contributed by atoms with Crippen LogP contribution in [0.4, 0.5) is 13.2 Å². The Hall–Kier alpha value is -3.22. The van der Waals surface area contributed by atoms with Crippen molar-refractivity contribution >= 4 is 26.0 Å². The van der Waals surface area contributed by atoms with Gasteiger partial charge in [0, 0.05) is 6.92 Å². The number of carbonyl (C=O) groups is 1.